The Balaban J connectivity index is 1.89. The third kappa shape index (κ3) is 4.69. The van der Waals surface area contributed by atoms with Crippen molar-refractivity contribution in [3.8, 4) is 0 Å². The molecule has 1 unspecified atom stereocenters. The number of benzene rings is 1. The van der Waals surface area contributed by atoms with Crippen LogP contribution >= 0.6 is 11.3 Å². The summed E-state index contributed by atoms with van der Waals surface area (Å²) >= 11 is 1.73. The number of hydrogen-bond donors (Lipinski definition) is 2. The topological polar surface area (TPSA) is 41.1 Å². The number of anilines is 1. The quantitative estimate of drug-likeness (QED) is 0.807. The standard InChI is InChI=1S/C17H22N2OS/c1-3-7-15(16-10-6-11-21-16)18-12-17(20)19-14-9-5-4-8-13(14)2/h4-6,8-11,15,18H,3,7,12H2,1-2H3,(H,19,20). The molecule has 0 saturated heterocycles. The molecular formula is C17H22N2OS. The minimum absolute atomic E-state index is 0.00181. The molecule has 0 saturated carbocycles. The number of hydrogen-bond acceptors (Lipinski definition) is 3. The fourth-order valence-corrected chi connectivity index (χ4v) is 3.08. The van der Waals surface area contributed by atoms with Gasteiger partial charge in [-0.05, 0) is 36.4 Å². The average Bonchev–Trinajstić information content (AvgIpc) is 3.00. The Morgan fingerprint density at radius 2 is 2.05 bits per heavy atom. The van der Waals surface area contributed by atoms with Crippen LogP contribution in [-0.4, -0.2) is 12.5 Å². The van der Waals surface area contributed by atoms with Gasteiger partial charge in [0, 0.05) is 16.6 Å². The Morgan fingerprint density at radius 1 is 1.24 bits per heavy atom. The number of amides is 1. The van der Waals surface area contributed by atoms with Crippen molar-refractivity contribution in [1.29, 1.82) is 0 Å². The zero-order valence-electron chi connectivity index (χ0n) is 12.6. The summed E-state index contributed by atoms with van der Waals surface area (Å²) in [6, 6.07) is 12.3. The van der Waals surface area contributed by atoms with Crippen molar-refractivity contribution in [1.82, 2.24) is 5.32 Å². The van der Waals surface area contributed by atoms with Crippen LogP contribution in [0.15, 0.2) is 41.8 Å². The van der Waals surface area contributed by atoms with Gasteiger partial charge in [0.1, 0.15) is 0 Å². The molecule has 21 heavy (non-hydrogen) atoms. The predicted octanol–water partition coefficient (Wildman–Crippen LogP) is 4.13. The zero-order chi connectivity index (χ0) is 15.1. The largest absolute Gasteiger partial charge is 0.325 e. The highest BCUT2D eigenvalue weighted by Gasteiger charge is 2.13. The number of aryl methyl sites for hydroxylation is 1. The van der Waals surface area contributed by atoms with E-state index in [1.165, 1.54) is 4.88 Å². The molecule has 1 heterocycles. The number of thiophene rings is 1. The van der Waals surface area contributed by atoms with E-state index in [1.807, 2.05) is 31.2 Å². The predicted molar refractivity (Wildman–Crippen MR) is 89.8 cm³/mol. The summed E-state index contributed by atoms with van der Waals surface area (Å²) in [5.41, 5.74) is 1.96. The van der Waals surface area contributed by atoms with Gasteiger partial charge in [0.2, 0.25) is 5.91 Å². The Hall–Kier alpha value is -1.65. The minimum atomic E-state index is 0.00181. The first-order valence-electron chi connectivity index (χ1n) is 7.33. The van der Waals surface area contributed by atoms with Crippen LogP contribution in [0.5, 0.6) is 0 Å². The van der Waals surface area contributed by atoms with Crippen LogP contribution in [0.25, 0.3) is 0 Å². The van der Waals surface area contributed by atoms with E-state index < -0.39 is 0 Å². The maximum atomic E-state index is 12.1. The molecule has 0 aliphatic heterocycles. The highest BCUT2D eigenvalue weighted by atomic mass is 32.1. The molecule has 112 valence electrons. The molecule has 0 aliphatic rings. The van der Waals surface area contributed by atoms with E-state index in [0.717, 1.165) is 24.1 Å². The van der Waals surface area contributed by atoms with E-state index in [9.17, 15) is 4.79 Å². The smallest absolute Gasteiger partial charge is 0.238 e. The highest BCUT2D eigenvalue weighted by Crippen LogP contribution is 2.23. The van der Waals surface area contributed by atoms with E-state index >= 15 is 0 Å². The molecule has 0 fully saturated rings. The lowest BCUT2D eigenvalue weighted by molar-refractivity contribution is -0.115. The summed E-state index contributed by atoms with van der Waals surface area (Å²) in [5, 5.41) is 8.39. The van der Waals surface area contributed by atoms with Crippen LogP contribution in [0.3, 0.4) is 0 Å². The van der Waals surface area contributed by atoms with Gasteiger partial charge in [-0.1, -0.05) is 37.6 Å². The molecule has 1 atom stereocenters. The molecule has 2 aromatic rings. The first-order chi connectivity index (χ1) is 10.2. The molecule has 0 radical (unpaired) electrons. The number of para-hydroxylation sites is 1. The molecule has 0 aliphatic carbocycles. The van der Waals surface area contributed by atoms with Gasteiger partial charge in [0.05, 0.1) is 6.54 Å². The van der Waals surface area contributed by atoms with Gasteiger partial charge in [0.15, 0.2) is 0 Å². The van der Waals surface area contributed by atoms with Gasteiger partial charge in [-0.2, -0.15) is 0 Å². The van der Waals surface area contributed by atoms with Crippen LogP contribution in [-0.2, 0) is 4.79 Å². The van der Waals surface area contributed by atoms with Gasteiger partial charge in [0.25, 0.3) is 0 Å². The van der Waals surface area contributed by atoms with Gasteiger partial charge in [-0.25, -0.2) is 0 Å². The van der Waals surface area contributed by atoms with Crippen molar-refractivity contribution in [2.45, 2.75) is 32.7 Å². The maximum absolute atomic E-state index is 12.1. The molecular weight excluding hydrogens is 280 g/mol. The normalized spacial score (nSPS) is 12.1. The second kappa shape index (κ2) is 7.96. The molecule has 4 heteroatoms. The third-order valence-corrected chi connectivity index (χ3v) is 4.38. The number of carbonyl (C=O) groups is 1. The molecule has 0 spiro atoms. The molecule has 1 amide bonds. The number of carbonyl (C=O) groups excluding carboxylic acids is 1. The van der Waals surface area contributed by atoms with Gasteiger partial charge in [-0.15, -0.1) is 11.3 Å². The van der Waals surface area contributed by atoms with E-state index in [-0.39, 0.29) is 11.9 Å². The van der Waals surface area contributed by atoms with E-state index in [0.29, 0.717) is 6.54 Å². The molecule has 2 rings (SSSR count). The number of nitrogens with one attached hydrogen (secondary N) is 2. The molecule has 2 N–H and O–H groups in total. The first-order valence-corrected chi connectivity index (χ1v) is 8.21. The van der Waals surface area contributed by atoms with Crippen LogP contribution in [0, 0.1) is 6.92 Å². The lowest BCUT2D eigenvalue weighted by Crippen LogP contribution is -2.31. The Bertz CT molecular complexity index is 566. The van der Waals surface area contributed by atoms with E-state index in [1.54, 1.807) is 11.3 Å². The molecule has 0 bridgehead atoms. The first kappa shape index (κ1) is 15.7. The van der Waals surface area contributed by atoms with Crippen LogP contribution in [0.2, 0.25) is 0 Å². The number of rotatable bonds is 7. The highest BCUT2D eigenvalue weighted by molar-refractivity contribution is 7.10. The Labute approximate surface area is 130 Å². The van der Waals surface area contributed by atoms with Gasteiger partial charge >= 0.3 is 0 Å². The van der Waals surface area contributed by atoms with Gasteiger partial charge in [-0.3, -0.25) is 4.79 Å². The average molecular weight is 302 g/mol. The summed E-state index contributed by atoms with van der Waals surface area (Å²) in [5.74, 6) is 0.00181. The lowest BCUT2D eigenvalue weighted by Gasteiger charge is -2.17. The van der Waals surface area contributed by atoms with Crippen molar-refractivity contribution < 1.29 is 4.79 Å². The van der Waals surface area contributed by atoms with Crippen LogP contribution in [0.1, 0.15) is 36.2 Å². The van der Waals surface area contributed by atoms with Crippen molar-refractivity contribution in [3.05, 3.63) is 52.2 Å². The molecule has 3 nitrogen and oxygen atoms in total. The second-order valence-corrected chi connectivity index (χ2v) is 6.08. The van der Waals surface area contributed by atoms with E-state index in [4.69, 9.17) is 0 Å². The summed E-state index contributed by atoms with van der Waals surface area (Å²) in [6.07, 6.45) is 2.13. The fraction of sp³-hybridized carbons (Fsp3) is 0.353. The minimum Gasteiger partial charge on any atom is -0.325 e. The second-order valence-electron chi connectivity index (χ2n) is 5.10. The summed E-state index contributed by atoms with van der Waals surface area (Å²) < 4.78 is 0. The Morgan fingerprint density at radius 3 is 2.71 bits per heavy atom. The molecule has 1 aromatic heterocycles. The fourth-order valence-electron chi connectivity index (χ4n) is 2.25. The van der Waals surface area contributed by atoms with Crippen molar-refractivity contribution in [3.63, 3.8) is 0 Å². The summed E-state index contributed by atoms with van der Waals surface area (Å²) in [6.45, 7) is 4.49. The molecule has 1 aromatic carbocycles. The van der Waals surface area contributed by atoms with Crippen LogP contribution < -0.4 is 10.6 Å². The summed E-state index contributed by atoms with van der Waals surface area (Å²) in [4.78, 5) is 13.4. The Kier molecular flexibility index (Phi) is 5.96. The van der Waals surface area contributed by atoms with Gasteiger partial charge < -0.3 is 10.6 Å². The van der Waals surface area contributed by atoms with Crippen molar-refractivity contribution >= 4 is 22.9 Å². The zero-order valence-corrected chi connectivity index (χ0v) is 13.4. The van der Waals surface area contributed by atoms with E-state index in [2.05, 4.69) is 35.1 Å². The monoisotopic (exact) mass is 302 g/mol. The maximum Gasteiger partial charge on any atom is 0.238 e. The van der Waals surface area contributed by atoms with Crippen molar-refractivity contribution in [2.24, 2.45) is 0 Å². The summed E-state index contributed by atoms with van der Waals surface area (Å²) in [7, 11) is 0. The lowest BCUT2D eigenvalue weighted by atomic mass is 10.1. The van der Waals surface area contributed by atoms with Crippen LogP contribution in [0.4, 0.5) is 5.69 Å². The SMILES string of the molecule is CCCC(NCC(=O)Nc1ccccc1C)c1cccs1. The third-order valence-electron chi connectivity index (χ3n) is 3.39. The van der Waals surface area contributed by atoms with Crippen molar-refractivity contribution in [2.75, 3.05) is 11.9 Å².